The van der Waals surface area contributed by atoms with E-state index in [1.807, 2.05) is 0 Å². The van der Waals surface area contributed by atoms with Crippen LogP contribution < -0.4 is 10.1 Å². The number of anilines is 1. The second-order valence-electron chi connectivity index (χ2n) is 4.26. The molecule has 22 heavy (non-hydrogen) atoms. The van der Waals surface area contributed by atoms with Gasteiger partial charge in [0.2, 0.25) is 0 Å². The van der Waals surface area contributed by atoms with E-state index < -0.39 is 17.6 Å². The number of methoxy groups -OCH3 is 1. The Morgan fingerprint density at radius 2 is 2.00 bits per heavy atom. The zero-order chi connectivity index (χ0) is 16.3. The quantitative estimate of drug-likeness (QED) is 0.878. The molecule has 0 aliphatic carbocycles. The Bertz CT molecular complexity index is 705. The maximum absolute atomic E-state index is 12.7. The number of hydrogen-bond donors (Lipinski definition) is 1. The lowest BCUT2D eigenvalue weighted by Gasteiger charge is -2.13. The minimum Gasteiger partial charge on any atom is -0.495 e. The molecule has 1 aromatic carbocycles. The van der Waals surface area contributed by atoms with Crippen LogP contribution in [0.1, 0.15) is 15.9 Å². The van der Waals surface area contributed by atoms with Crippen molar-refractivity contribution in [2.45, 2.75) is 6.18 Å². The first-order chi connectivity index (χ1) is 10.3. The Morgan fingerprint density at radius 1 is 1.27 bits per heavy atom. The summed E-state index contributed by atoms with van der Waals surface area (Å²) in [5, 5.41) is 2.39. The standard InChI is InChI=1S/C14H10BrF3N2O2/c1-22-12-3-2-9(14(16,17)18)5-11(12)20-13(21)8-4-10(15)7-19-6-8/h2-7H,1H3,(H,20,21). The van der Waals surface area contributed by atoms with Crippen molar-refractivity contribution in [3.8, 4) is 5.75 Å². The highest BCUT2D eigenvalue weighted by Gasteiger charge is 2.31. The van der Waals surface area contributed by atoms with E-state index in [0.717, 1.165) is 18.2 Å². The monoisotopic (exact) mass is 374 g/mol. The molecule has 0 unspecified atom stereocenters. The fraction of sp³-hybridized carbons (Fsp3) is 0.143. The Kier molecular flexibility index (Phi) is 4.70. The van der Waals surface area contributed by atoms with Crippen LogP contribution in [0.15, 0.2) is 41.1 Å². The molecular weight excluding hydrogens is 365 g/mol. The number of carbonyl (C=O) groups excluding carboxylic acids is 1. The Balaban J connectivity index is 2.33. The lowest BCUT2D eigenvalue weighted by molar-refractivity contribution is -0.137. The molecule has 2 rings (SSSR count). The van der Waals surface area contributed by atoms with Gasteiger partial charge in [-0.1, -0.05) is 0 Å². The van der Waals surface area contributed by atoms with E-state index in [1.54, 1.807) is 0 Å². The molecule has 1 heterocycles. The highest BCUT2D eigenvalue weighted by atomic mass is 79.9. The summed E-state index contributed by atoms with van der Waals surface area (Å²) >= 11 is 3.17. The zero-order valence-corrected chi connectivity index (χ0v) is 12.8. The van der Waals surface area contributed by atoms with E-state index in [9.17, 15) is 18.0 Å². The average Bonchev–Trinajstić information content (AvgIpc) is 2.46. The molecule has 0 radical (unpaired) electrons. The first-order valence-corrected chi connectivity index (χ1v) is 6.77. The summed E-state index contributed by atoms with van der Waals surface area (Å²) in [7, 11) is 1.30. The zero-order valence-electron chi connectivity index (χ0n) is 11.2. The van der Waals surface area contributed by atoms with Gasteiger partial charge < -0.3 is 10.1 Å². The fourth-order valence-electron chi connectivity index (χ4n) is 1.71. The third-order valence-electron chi connectivity index (χ3n) is 2.74. The van der Waals surface area contributed by atoms with E-state index in [4.69, 9.17) is 4.74 Å². The van der Waals surface area contributed by atoms with E-state index in [2.05, 4.69) is 26.2 Å². The van der Waals surface area contributed by atoms with E-state index in [-0.39, 0.29) is 17.0 Å². The van der Waals surface area contributed by atoms with E-state index in [1.165, 1.54) is 25.6 Å². The molecule has 0 bridgehead atoms. The molecule has 2 aromatic rings. The van der Waals surface area contributed by atoms with Crippen LogP contribution in [-0.2, 0) is 6.18 Å². The molecule has 0 aliphatic heterocycles. The number of aromatic nitrogens is 1. The van der Waals surface area contributed by atoms with Crippen LogP contribution >= 0.6 is 15.9 Å². The molecule has 0 spiro atoms. The van der Waals surface area contributed by atoms with Gasteiger partial charge >= 0.3 is 6.18 Å². The first-order valence-electron chi connectivity index (χ1n) is 5.98. The predicted molar refractivity (Wildman–Crippen MR) is 77.9 cm³/mol. The maximum atomic E-state index is 12.7. The molecule has 0 saturated heterocycles. The third-order valence-corrected chi connectivity index (χ3v) is 3.18. The number of hydrogen-bond acceptors (Lipinski definition) is 3. The minimum absolute atomic E-state index is 0.0673. The van der Waals surface area contributed by atoms with Crippen LogP contribution in [0.25, 0.3) is 0 Å². The molecule has 116 valence electrons. The summed E-state index contributed by atoms with van der Waals surface area (Å²) in [4.78, 5) is 15.9. The number of alkyl halides is 3. The number of nitrogens with zero attached hydrogens (tertiary/aromatic N) is 1. The molecule has 0 saturated carbocycles. The SMILES string of the molecule is COc1ccc(C(F)(F)F)cc1NC(=O)c1cncc(Br)c1. The molecule has 0 fully saturated rings. The van der Waals surface area contributed by atoms with Crippen molar-refractivity contribution < 1.29 is 22.7 Å². The summed E-state index contributed by atoms with van der Waals surface area (Å²) in [6.07, 6.45) is -1.72. The van der Waals surface area contributed by atoms with Crippen molar-refractivity contribution in [3.05, 3.63) is 52.3 Å². The number of nitrogens with one attached hydrogen (secondary N) is 1. The van der Waals surface area contributed by atoms with Crippen LogP contribution in [0.5, 0.6) is 5.75 Å². The van der Waals surface area contributed by atoms with Gasteiger partial charge in [0.1, 0.15) is 5.75 Å². The van der Waals surface area contributed by atoms with Gasteiger partial charge in [-0.15, -0.1) is 0 Å². The summed E-state index contributed by atoms with van der Waals surface area (Å²) < 4.78 is 43.8. The Hall–Kier alpha value is -2.09. The largest absolute Gasteiger partial charge is 0.495 e. The summed E-state index contributed by atoms with van der Waals surface area (Å²) in [6, 6.07) is 4.36. The van der Waals surface area contributed by atoms with Crippen molar-refractivity contribution in [3.63, 3.8) is 0 Å². The van der Waals surface area contributed by atoms with Gasteiger partial charge in [-0.2, -0.15) is 13.2 Å². The second-order valence-corrected chi connectivity index (χ2v) is 5.17. The second kappa shape index (κ2) is 6.35. The third kappa shape index (κ3) is 3.76. The van der Waals surface area contributed by atoms with Crippen LogP contribution in [0.3, 0.4) is 0 Å². The predicted octanol–water partition coefficient (Wildman–Crippen LogP) is 4.12. The molecule has 1 N–H and O–H groups in total. The highest BCUT2D eigenvalue weighted by molar-refractivity contribution is 9.10. The maximum Gasteiger partial charge on any atom is 0.416 e. The molecule has 0 aliphatic rings. The smallest absolute Gasteiger partial charge is 0.416 e. The van der Waals surface area contributed by atoms with E-state index in [0.29, 0.717) is 4.47 Å². The van der Waals surface area contributed by atoms with E-state index >= 15 is 0 Å². The van der Waals surface area contributed by atoms with Gasteiger partial charge in [-0.3, -0.25) is 9.78 Å². The number of amides is 1. The number of carbonyl (C=O) groups is 1. The Morgan fingerprint density at radius 3 is 2.59 bits per heavy atom. The van der Waals surface area contributed by atoms with Crippen LogP contribution in [-0.4, -0.2) is 18.0 Å². The molecule has 4 nitrogen and oxygen atoms in total. The Labute approximate surface area is 132 Å². The van der Waals surface area contributed by atoms with Crippen molar-refractivity contribution in [2.75, 3.05) is 12.4 Å². The summed E-state index contributed by atoms with van der Waals surface area (Å²) in [5.41, 5.74) is -0.743. The molecule has 8 heteroatoms. The van der Waals surface area contributed by atoms with Gasteiger partial charge in [0.15, 0.2) is 0 Å². The lowest BCUT2D eigenvalue weighted by Crippen LogP contribution is -2.14. The van der Waals surface area contributed by atoms with Crippen molar-refractivity contribution in [2.24, 2.45) is 0 Å². The number of pyridine rings is 1. The summed E-state index contributed by atoms with van der Waals surface area (Å²) in [6.45, 7) is 0. The van der Waals surface area contributed by atoms with Gasteiger partial charge in [0, 0.05) is 16.9 Å². The number of benzene rings is 1. The van der Waals surface area contributed by atoms with Crippen molar-refractivity contribution in [1.29, 1.82) is 0 Å². The van der Waals surface area contributed by atoms with Gasteiger partial charge in [0.05, 0.1) is 23.9 Å². The fourth-order valence-corrected chi connectivity index (χ4v) is 2.08. The molecule has 0 atom stereocenters. The minimum atomic E-state index is -4.51. The molecule has 1 amide bonds. The first kappa shape index (κ1) is 16.3. The number of halogens is 4. The molecule has 1 aromatic heterocycles. The normalized spacial score (nSPS) is 11.1. The lowest BCUT2D eigenvalue weighted by atomic mass is 10.1. The van der Waals surface area contributed by atoms with Gasteiger partial charge in [0.25, 0.3) is 5.91 Å². The van der Waals surface area contributed by atoms with Crippen LogP contribution in [0.2, 0.25) is 0 Å². The topological polar surface area (TPSA) is 51.2 Å². The number of rotatable bonds is 3. The van der Waals surface area contributed by atoms with Gasteiger partial charge in [-0.25, -0.2) is 0 Å². The van der Waals surface area contributed by atoms with Crippen LogP contribution in [0.4, 0.5) is 18.9 Å². The average molecular weight is 375 g/mol. The number of ether oxygens (including phenoxy) is 1. The summed E-state index contributed by atoms with van der Waals surface area (Å²) in [5.74, 6) is -0.462. The van der Waals surface area contributed by atoms with Crippen LogP contribution in [0, 0.1) is 0 Å². The van der Waals surface area contributed by atoms with Crippen molar-refractivity contribution >= 4 is 27.5 Å². The highest BCUT2D eigenvalue weighted by Crippen LogP contribution is 2.35. The van der Waals surface area contributed by atoms with Gasteiger partial charge in [-0.05, 0) is 40.2 Å². The van der Waals surface area contributed by atoms with Crippen molar-refractivity contribution in [1.82, 2.24) is 4.98 Å². The molecular formula is C14H10BrF3N2O2.